The van der Waals surface area contributed by atoms with Gasteiger partial charge in [0, 0.05) is 8.80 Å². The number of rotatable bonds is 6. The first kappa shape index (κ1) is 16.9. The van der Waals surface area contributed by atoms with Gasteiger partial charge in [-0.05, 0) is 17.8 Å². The SMILES string of the molecule is CC(C)C[Si](CC(C)C)CC(C)C.Cl. The van der Waals surface area contributed by atoms with Crippen molar-refractivity contribution in [3.63, 3.8) is 0 Å². The Morgan fingerprint density at radius 3 is 1.00 bits per heavy atom. The van der Waals surface area contributed by atoms with Crippen LogP contribution in [-0.2, 0) is 0 Å². The van der Waals surface area contributed by atoms with E-state index in [2.05, 4.69) is 41.5 Å². The summed E-state index contributed by atoms with van der Waals surface area (Å²) >= 11 is 0. The van der Waals surface area contributed by atoms with Gasteiger partial charge in [-0.3, -0.25) is 0 Å². The van der Waals surface area contributed by atoms with Crippen LogP contribution in [0.4, 0.5) is 0 Å². The van der Waals surface area contributed by atoms with E-state index in [1.54, 1.807) is 0 Å². The molecule has 2 heteroatoms. The molecule has 0 N–H and O–H groups in total. The van der Waals surface area contributed by atoms with E-state index in [9.17, 15) is 0 Å². The lowest BCUT2D eigenvalue weighted by Gasteiger charge is -2.20. The van der Waals surface area contributed by atoms with Crippen LogP contribution in [0.1, 0.15) is 41.5 Å². The summed E-state index contributed by atoms with van der Waals surface area (Å²) in [5.41, 5.74) is 0. The predicted octanol–water partition coefficient (Wildman–Crippen LogP) is 4.87. The van der Waals surface area contributed by atoms with Crippen molar-refractivity contribution in [2.45, 2.75) is 59.7 Å². The van der Waals surface area contributed by atoms with Crippen LogP contribution >= 0.6 is 12.4 Å². The normalized spacial score (nSPS) is 11.6. The summed E-state index contributed by atoms with van der Waals surface area (Å²) in [6, 6.07) is 4.54. The van der Waals surface area contributed by atoms with E-state index >= 15 is 0 Å². The molecule has 0 aromatic heterocycles. The van der Waals surface area contributed by atoms with Gasteiger partial charge in [-0.1, -0.05) is 59.7 Å². The Hall–Kier alpha value is 0.507. The van der Waals surface area contributed by atoms with Crippen molar-refractivity contribution in [1.82, 2.24) is 0 Å². The Bertz CT molecular complexity index is 97.7. The molecule has 0 rings (SSSR count). The van der Waals surface area contributed by atoms with Crippen molar-refractivity contribution >= 4 is 21.2 Å². The molecule has 0 aliphatic carbocycles. The lowest BCUT2D eigenvalue weighted by molar-refractivity contribution is 0.659. The van der Waals surface area contributed by atoms with Crippen LogP contribution in [0.3, 0.4) is 0 Å². The fraction of sp³-hybridized carbons (Fsp3) is 1.00. The lowest BCUT2D eigenvalue weighted by atomic mass is 10.3. The number of halogens is 1. The molecule has 0 bridgehead atoms. The zero-order valence-corrected chi connectivity index (χ0v) is 12.6. The van der Waals surface area contributed by atoms with Crippen LogP contribution in [0.2, 0.25) is 18.1 Å². The fourth-order valence-corrected chi connectivity index (χ4v) is 5.95. The molecule has 14 heavy (non-hydrogen) atoms. The molecule has 1 radical (unpaired) electrons. The van der Waals surface area contributed by atoms with Crippen LogP contribution in [0.5, 0.6) is 0 Å². The van der Waals surface area contributed by atoms with Crippen LogP contribution < -0.4 is 0 Å². The smallest absolute Gasteiger partial charge is 0.0486 e. The molecule has 0 saturated heterocycles. The number of hydrogen-bond donors (Lipinski definition) is 0. The molecular weight excluding hydrogens is 208 g/mol. The number of hydrogen-bond acceptors (Lipinski definition) is 0. The van der Waals surface area contributed by atoms with E-state index < -0.39 is 0 Å². The largest absolute Gasteiger partial charge is 0.147 e. The summed E-state index contributed by atoms with van der Waals surface area (Å²) in [6.07, 6.45) is 0. The maximum absolute atomic E-state index is 2.37. The van der Waals surface area contributed by atoms with Gasteiger partial charge in [-0.2, -0.15) is 0 Å². The Morgan fingerprint density at radius 1 is 0.643 bits per heavy atom. The Kier molecular flexibility index (Phi) is 10.6. The minimum atomic E-state index is -0.0432. The van der Waals surface area contributed by atoms with Crippen LogP contribution in [-0.4, -0.2) is 8.80 Å². The Balaban J connectivity index is 0. The van der Waals surface area contributed by atoms with E-state index in [4.69, 9.17) is 0 Å². The third-order valence-electron chi connectivity index (χ3n) is 2.09. The molecule has 0 amide bonds. The summed E-state index contributed by atoms with van der Waals surface area (Å²) in [5.74, 6) is 2.73. The maximum atomic E-state index is 2.37. The second-order valence-corrected chi connectivity index (χ2v) is 8.27. The van der Waals surface area contributed by atoms with E-state index in [0.29, 0.717) is 0 Å². The summed E-state index contributed by atoms with van der Waals surface area (Å²) in [7, 11) is -0.0432. The topological polar surface area (TPSA) is 0 Å². The van der Waals surface area contributed by atoms with Gasteiger partial charge < -0.3 is 0 Å². The fourth-order valence-electron chi connectivity index (χ4n) is 1.98. The third kappa shape index (κ3) is 10.6. The summed E-state index contributed by atoms with van der Waals surface area (Å²) in [5, 5.41) is 0. The highest BCUT2D eigenvalue weighted by molar-refractivity contribution is 6.58. The second-order valence-electron chi connectivity index (χ2n) is 5.54. The molecule has 87 valence electrons. The van der Waals surface area contributed by atoms with Gasteiger partial charge in [-0.15, -0.1) is 12.4 Å². The Morgan fingerprint density at radius 2 is 0.857 bits per heavy atom. The van der Waals surface area contributed by atoms with E-state index in [1.165, 1.54) is 18.1 Å². The van der Waals surface area contributed by atoms with Gasteiger partial charge in [0.1, 0.15) is 0 Å². The van der Waals surface area contributed by atoms with Crippen molar-refractivity contribution in [2.75, 3.05) is 0 Å². The zero-order valence-electron chi connectivity index (χ0n) is 10.8. The standard InChI is InChI=1S/C12H27Si.ClH/c1-10(2)7-13(8-11(3)4)9-12(5)6;/h10-12H,7-9H2,1-6H3;1H. The van der Waals surface area contributed by atoms with E-state index in [0.717, 1.165) is 17.8 Å². The quantitative estimate of drug-likeness (QED) is 0.577. The first-order valence-corrected chi connectivity index (χ1v) is 7.87. The molecule has 0 saturated carbocycles. The molecule has 0 aromatic carbocycles. The molecule has 0 aliphatic heterocycles. The van der Waals surface area contributed by atoms with Gasteiger partial charge in [0.15, 0.2) is 0 Å². The van der Waals surface area contributed by atoms with Crippen LogP contribution in [0.25, 0.3) is 0 Å². The van der Waals surface area contributed by atoms with Crippen LogP contribution in [0.15, 0.2) is 0 Å². The van der Waals surface area contributed by atoms with E-state index in [1.807, 2.05) is 0 Å². The molecule has 0 nitrogen and oxygen atoms in total. The molecule has 0 aliphatic rings. The van der Waals surface area contributed by atoms with Crippen molar-refractivity contribution in [1.29, 1.82) is 0 Å². The maximum Gasteiger partial charge on any atom is 0.0486 e. The molecule has 0 fully saturated rings. The molecule has 0 spiro atoms. The molecule has 0 unspecified atom stereocenters. The monoisotopic (exact) mass is 235 g/mol. The van der Waals surface area contributed by atoms with Gasteiger partial charge >= 0.3 is 0 Å². The van der Waals surface area contributed by atoms with Crippen molar-refractivity contribution in [3.05, 3.63) is 0 Å². The van der Waals surface area contributed by atoms with Crippen molar-refractivity contribution in [3.8, 4) is 0 Å². The minimum Gasteiger partial charge on any atom is -0.147 e. The average Bonchev–Trinajstić information content (AvgIpc) is 1.80. The van der Waals surface area contributed by atoms with Crippen LogP contribution in [0, 0.1) is 17.8 Å². The molecule has 0 heterocycles. The summed E-state index contributed by atoms with van der Waals surface area (Å²) in [6.45, 7) is 14.2. The van der Waals surface area contributed by atoms with Gasteiger partial charge in [0.25, 0.3) is 0 Å². The highest BCUT2D eigenvalue weighted by Gasteiger charge is 2.15. The average molecular weight is 236 g/mol. The second kappa shape index (κ2) is 8.79. The van der Waals surface area contributed by atoms with E-state index in [-0.39, 0.29) is 21.2 Å². The van der Waals surface area contributed by atoms with Gasteiger partial charge in [-0.25, -0.2) is 0 Å². The molecular formula is C12H28ClSi. The zero-order chi connectivity index (χ0) is 10.4. The first-order valence-electron chi connectivity index (χ1n) is 5.75. The van der Waals surface area contributed by atoms with Crippen molar-refractivity contribution < 1.29 is 0 Å². The Labute approximate surface area is 98.9 Å². The van der Waals surface area contributed by atoms with Gasteiger partial charge in [0.2, 0.25) is 0 Å². The third-order valence-corrected chi connectivity index (χ3v) is 6.27. The van der Waals surface area contributed by atoms with Gasteiger partial charge in [0.05, 0.1) is 0 Å². The summed E-state index contributed by atoms with van der Waals surface area (Å²) in [4.78, 5) is 0. The predicted molar refractivity (Wildman–Crippen MR) is 71.9 cm³/mol. The highest BCUT2D eigenvalue weighted by Crippen LogP contribution is 2.20. The summed E-state index contributed by atoms with van der Waals surface area (Å²) < 4.78 is 0. The van der Waals surface area contributed by atoms with Crippen molar-refractivity contribution in [2.24, 2.45) is 17.8 Å². The minimum absolute atomic E-state index is 0. The lowest BCUT2D eigenvalue weighted by Crippen LogP contribution is -2.19. The molecule has 0 atom stereocenters. The highest BCUT2D eigenvalue weighted by atomic mass is 35.5. The first-order chi connectivity index (χ1) is 5.91. The molecule has 0 aromatic rings.